The van der Waals surface area contributed by atoms with Crippen molar-refractivity contribution in [1.82, 2.24) is 4.90 Å². The van der Waals surface area contributed by atoms with Crippen LogP contribution >= 0.6 is 0 Å². The Labute approximate surface area is 312 Å². The van der Waals surface area contributed by atoms with Gasteiger partial charge in [0.25, 0.3) is 11.8 Å². The molecular weight excluding hydrogens is 683 g/mol. The van der Waals surface area contributed by atoms with E-state index in [-0.39, 0.29) is 54.8 Å². The summed E-state index contributed by atoms with van der Waals surface area (Å²) >= 11 is 0. The van der Waals surface area contributed by atoms with Crippen LogP contribution in [0.3, 0.4) is 0 Å². The third-order valence-electron chi connectivity index (χ3n) is 11.7. The first-order chi connectivity index (χ1) is 25.5. The molecule has 1 spiro atoms. The third kappa shape index (κ3) is 6.28. The Kier molecular flexibility index (Phi) is 9.88. The van der Waals surface area contributed by atoms with Crippen molar-refractivity contribution in [2.75, 3.05) is 30.5 Å². The molecule has 274 valence electrons. The van der Waals surface area contributed by atoms with Crippen molar-refractivity contribution < 1.29 is 29.0 Å². The number of hydrogen-bond donors (Lipinski definition) is 2. The predicted octanol–water partition coefficient (Wildman–Crippen LogP) is 6.03. The molecule has 3 amide bonds. The van der Waals surface area contributed by atoms with Gasteiger partial charge in [0, 0.05) is 35.8 Å². The van der Waals surface area contributed by atoms with Crippen molar-refractivity contribution in [3.05, 3.63) is 132 Å². The molecule has 0 aliphatic carbocycles. The van der Waals surface area contributed by atoms with Gasteiger partial charge in [0.1, 0.15) is 5.75 Å². The molecule has 0 saturated carbocycles. The molecule has 9 nitrogen and oxygen atoms in total. The number of methoxy groups -OCH3 is 1. The molecule has 0 aromatic heterocycles. The Hall–Kier alpha value is -5.03. The van der Waals surface area contributed by atoms with E-state index in [1.807, 2.05) is 60.7 Å². The van der Waals surface area contributed by atoms with Crippen LogP contribution in [0, 0.1) is 5.92 Å². The fourth-order valence-corrected chi connectivity index (χ4v) is 13.0. The van der Waals surface area contributed by atoms with E-state index in [9.17, 15) is 19.5 Å². The summed E-state index contributed by atoms with van der Waals surface area (Å²) in [6.45, 7) is 11.1. The zero-order valence-corrected chi connectivity index (χ0v) is 31.7. The van der Waals surface area contributed by atoms with Gasteiger partial charge in [0.05, 0.1) is 46.0 Å². The molecule has 2 N–H and O–H groups in total. The minimum atomic E-state index is -2.54. The van der Waals surface area contributed by atoms with E-state index in [2.05, 4.69) is 50.1 Å². The van der Waals surface area contributed by atoms with Crippen molar-refractivity contribution in [2.24, 2.45) is 5.92 Å². The molecule has 53 heavy (non-hydrogen) atoms. The first-order valence-corrected chi connectivity index (χ1v) is 21.3. The first-order valence-electron chi connectivity index (χ1n) is 18.3. The standard InChI is InChI=1S/C43H47N3O6Si/c1-6-22-45-37-21-16-32(44-41(49)29-12-8-7-9-13-29)24-36(37)43(42(45)50)28(2)40(53(4,5)35-19-17-34(51-3)18-20-35)38(52-43)25-39(48)46-26-31-15-11-10-14-30(31)23-33(46)27-47/h6-21,24,28,33,38,40,47H,1,22-23,25-27H2,2-5H3,(H,44,49)/t28-,33+,38+,40-,43+/m1/s1. The van der Waals surface area contributed by atoms with Crippen LogP contribution in [0.4, 0.5) is 11.4 Å². The third-order valence-corrected chi connectivity index (χ3v) is 16.1. The van der Waals surface area contributed by atoms with Gasteiger partial charge in [0.2, 0.25) is 5.91 Å². The van der Waals surface area contributed by atoms with Crippen LogP contribution in [-0.2, 0) is 32.9 Å². The van der Waals surface area contributed by atoms with Gasteiger partial charge in [-0.3, -0.25) is 14.4 Å². The highest BCUT2D eigenvalue weighted by atomic mass is 28.3. The van der Waals surface area contributed by atoms with Gasteiger partial charge in [-0.05, 0) is 65.6 Å². The first kappa shape index (κ1) is 36.3. The van der Waals surface area contributed by atoms with Crippen molar-refractivity contribution in [3.8, 4) is 5.75 Å². The van der Waals surface area contributed by atoms with E-state index in [4.69, 9.17) is 9.47 Å². The van der Waals surface area contributed by atoms with Crippen molar-refractivity contribution in [1.29, 1.82) is 0 Å². The van der Waals surface area contributed by atoms with Crippen LogP contribution < -0.4 is 20.1 Å². The summed E-state index contributed by atoms with van der Waals surface area (Å²) < 4.78 is 12.7. The lowest BCUT2D eigenvalue weighted by Gasteiger charge is -2.39. The summed E-state index contributed by atoms with van der Waals surface area (Å²) in [4.78, 5) is 46.2. The topological polar surface area (TPSA) is 108 Å². The smallest absolute Gasteiger partial charge is 0.264 e. The average Bonchev–Trinajstić information content (AvgIpc) is 3.60. The Morgan fingerprint density at radius 3 is 2.40 bits per heavy atom. The van der Waals surface area contributed by atoms with E-state index >= 15 is 0 Å². The Morgan fingerprint density at radius 1 is 1.02 bits per heavy atom. The summed E-state index contributed by atoms with van der Waals surface area (Å²) in [7, 11) is -0.896. The molecule has 7 rings (SSSR count). The zero-order chi connectivity index (χ0) is 37.5. The van der Waals surface area contributed by atoms with E-state index in [1.165, 1.54) is 0 Å². The highest BCUT2D eigenvalue weighted by molar-refractivity contribution is 6.91. The molecular formula is C43H47N3O6Si. The molecule has 3 aliphatic heterocycles. The summed E-state index contributed by atoms with van der Waals surface area (Å²) in [5.74, 6) is -0.173. The molecule has 1 fully saturated rings. The van der Waals surface area contributed by atoms with Gasteiger partial charge >= 0.3 is 0 Å². The number of aliphatic hydroxyl groups excluding tert-OH is 1. The normalized spacial score (nSPS) is 23.5. The molecule has 5 atom stereocenters. The number of aliphatic hydroxyl groups is 1. The Balaban J connectivity index is 1.31. The summed E-state index contributed by atoms with van der Waals surface area (Å²) in [6.07, 6.45) is 1.71. The number of fused-ring (bicyclic) bond motifs is 3. The van der Waals surface area contributed by atoms with E-state index in [1.54, 1.807) is 41.2 Å². The second-order valence-electron chi connectivity index (χ2n) is 14.9. The number of nitrogens with one attached hydrogen (secondary N) is 1. The van der Waals surface area contributed by atoms with Crippen LogP contribution in [0.1, 0.15) is 40.4 Å². The lowest BCUT2D eigenvalue weighted by molar-refractivity contribution is -0.150. The van der Waals surface area contributed by atoms with Crippen molar-refractivity contribution in [3.63, 3.8) is 0 Å². The molecule has 1 saturated heterocycles. The predicted molar refractivity (Wildman–Crippen MR) is 209 cm³/mol. The molecule has 0 unspecified atom stereocenters. The number of amides is 3. The number of nitrogens with zero attached hydrogens (tertiary/aromatic N) is 2. The number of carbonyl (C=O) groups excluding carboxylic acids is 3. The van der Waals surface area contributed by atoms with E-state index in [0.717, 1.165) is 22.1 Å². The number of benzene rings is 4. The Bertz CT molecular complexity index is 2040. The van der Waals surface area contributed by atoms with Gasteiger partial charge in [-0.1, -0.05) is 85.9 Å². The fraction of sp³-hybridized carbons (Fsp3) is 0.326. The van der Waals surface area contributed by atoms with Gasteiger partial charge in [0.15, 0.2) is 5.60 Å². The van der Waals surface area contributed by atoms with Crippen LogP contribution in [0.2, 0.25) is 18.6 Å². The number of rotatable bonds is 10. The number of anilines is 2. The minimum Gasteiger partial charge on any atom is -0.497 e. The highest BCUT2D eigenvalue weighted by Crippen LogP contribution is 2.60. The largest absolute Gasteiger partial charge is 0.497 e. The van der Waals surface area contributed by atoms with Gasteiger partial charge < -0.3 is 29.7 Å². The summed E-state index contributed by atoms with van der Waals surface area (Å²) in [5, 5.41) is 14.6. The Morgan fingerprint density at radius 2 is 1.72 bits per heavy atom. The number of carbonyl (C=O) groups is 3. The quantitative estimate of drug-likeness (QED) is 0.153. The number of ether oxygens (including phenoxy) is 2. The average molecular weight is 730 g/mol. The van der Waals surface area contributed by atoms with Gasteiger partial charge in [-0.25, -0.2) is 0 Å². The lowest BCUT2D eigenvalue weighted by Crippen LogP contribution is -2.52. The molecule has 0 radical (unpaired) electrons. The van der Waals surface area contributed by atoms with Crippen LogP contribution in [0.15, 0.2) is 110 Å². The second kappa shape index (κ2) is 14.4. The van der Waals surface area contributed by atoms with Gasteiger partial charge in [-0.2, -0.15) is 0 Å². The SMILES string of the molecule is C=CCN1C(=O)[C@@]2(O[C@@H](CC(=O)N3Cc4ccccc4C[C@H]3CO)[C@H]([Si](C)(C)c3ccc(OC)cc3)[C@H]2C)c2cc(NC(=O)c3ccccc3)ccc21. The van der Waals surface area contributed by atoms with Crippen LogP contribution in [0.25, 0.3) is 0 Å². The van der Waals surface area contributed by atoms with Crippen molar-refractivity contribution >= 4 is 42.4 Å². The summed E-state index contributed by atoms with van der Waals surface area (Å²) in [5.41, 5.74) is 3.04. The van der Waals surface area contributed by atoms with Crippen LogP contribution in [-0.4, -0.2) is 68.2 Å². The number of hydrogen-bond acceptors (Lipinski definition) is 6. The lowest BCUT2D eigenvalue weighted by atomic mass is 9.82. The zero-order valence-electron chi connectivity index (χ0n) is 30.7. The van der Waals surface area contributed by atoms with E-state index < -0.39 is 19.8 Å². The maximum absolute atomic E-state index is 14.9. The maximum Gasteiger partial charge on any atom is 0.264 e. The molecule has 4 aromatic rings. The maximum atomic E-state index is 14.9. The fourth-order valence-electron chi connectivity index (χ4n) is 9.03. The highest BCUT2D eigenvalue weighted by Gasteiger charge is 2.66. The molecule has 4 aromatic carbocycles. The summed E-state index contributed by atoms with van der Waals surface area (Å²) in [6, 6.07) is 30.3. The van der Waals surface area contributed by atoms with E-state index in [0.29, 0.717) is 35.5 Å². The second-order valence-corrected chi connectivity index (χ2v) is 19.6. The van der Waals surface area contributed by atoms with Crippen molar-refractivity contribution in [2.45, 2.75) is 62.7 Å². The molecule has 0 bridgehead atoms. The molecule has 3 heterocycles. The van der Waals surface area contributed by atoms with Gasteiger partial charge in [-0.15, -0.1) is 6.58 Å². The minimum absolute atomic E-state index is 0.0521. The van der Waals surface area contributed by atoms with Crippen LogP contribution in [0.5, 0.6) is 5.75 Å². The molecule has 3 aliphatic rings. The monoisotopic (exact) mass is 729 g/mol. The molecule has 10 heteroatoms.